The number of thioether (sulfide) groups is 1. The van der Waals surface area contributed by atoms with Crippen LogP contribution in [0.4, 0.5) is 5.69 Å². The number of Topliss-reactive ketones (excluding diaryl/α,β-unsaturated/α-hetero) is 1. The van der Waals surface area contributed by atoms with Crippen LogP contribution in [0.5, 0.6) is 0 Å². The highest BCUT2D eigenvalue weighted by Crippen LogP contribution is 2.36. The molecular weight excluding hydrogens is 340 g/mol. The van der Waals surface area contributed by atoms with Crippen LogP contribution in [-0.2, 0) is 4.74 Å². The van der Waals surface area contributed by atoms with Crippen LogP contribution in [0, 0.1) is 0 Å². The topological polar surface area (TPSA) is 80.2 Å². The number of nitrogens with one attached hydrogen (secondary N) is 1. The number of carbonyl (C=O) groups is 1. The van der Waals surface area contributed by atoms with Gasteiger partial charge in [0, 0.05) is 30.4 Å². The predicted molar refractivity (Wildman–Crippen MR) is 95.6 cm³/mol. The van der Waals surface area contributed by atoms with Crippen molar-refractivity contribution in [3.63, 3.8) is 0 Å². The second kappa shape index (κ2) is 7.05. The zero-order valence-electron chi connectivity index (χ0n) is 13.8. The van der Waals surface area contributed by atoms with Gasteiger partial charge < -0.3 is 9.64 Å². The van der Waals surface area contributed by atoms with Crippen molar-refractivity contribution < 1.29 is 9.53 Å². The number of benzene rings is 1. The van der Waals surface area contributed by atoms with Gasteiger partial charge in [-0.15, -0.1) is 5.10 Å². The lowest BCUT2D eigenvalue weighted by molar-refractivity contribution is 0.102. The van der Waals surface area contributed by atoms with E-state index >= 15 is 0 Å². The molecule has 0 atom stereocenters. The second-order valence-corrected chi connectivity index (χ2v) is 7.21. The Balaban J connectivity index is 1.39. The molecule has 4 rings (SSSR count). The summed E-state index contributed by atoms with van der Waals surface area (Å²) in [5, 5.41) is 7.11. The molecule has 7 nitrogen and oxygen atoms in total. The van der Waals surface area contributed by atoms with E-state index in [0.29, 0.717) is 10.7 Å². The summed E-state index contributed by atoms with van der Waals surface area (Å²) in [7, 11) is 0. The number of hydrogen-bond donors (Lipinski definition) is 1. The van der Waals surface area contributed by atoms with Gasteiger partial charge >= 0.3 is 5.69 Å². The largest absolute Gasteiger partial charge is 0.378 e. The molecule has 2 aromatic rings. The molecule has 1 aliphatic carbocycles. The maximum atomic E-state index is 12.4. The molecule has 0 bridgehead atoms. The van der Waals surface area contributed by atoms with E-state index in [1.807, 2.05) is 24.3 Å². The number of ether oxygens (including phenoxy) is 1. The Hall–Kier alpha value is -2.06. The zero-order chi connectivity index (χ0) is 17.2. The smallest absolute Gasteiger partial charge is 0.344 e. The molecule has 0 radical (unpaired) electrons. The van der Waals surface area contributed by atoms with E-state index in [4.69, 9.17) is 4.74 Å². The van der Waals surface area contributed by atoms with E-state index in [0.717, 1.165) is 44.8 Å². The monoisotopic (exact) mass is 360 g/mol. The van der Waals surface area contributed by atoms with Crippen molar-refractivity contribution in [2.75, 3.05) is 37.0 Å². The van der Waals surface area contributed by atoms with Crippen molar-refractivity contribution in [2.45, 2.75) is 24.0 Å². The first-order valence-electron chi connectivity index (χ1n) is 8.48. The Morgan fingerprint density at radius 1 is 1.24 bits per heavy atom. The lowest BCUT2D eigenvalue weighted by Gasteiger charge is -2.28. The molecule has 1 saturated carbocycles. The number of anilines is 1. The van der Waals surface area contributed by atoms with E-state index in [1.54, 1.807) is 4.57 Å². The third kappa shape index (κ3) is 3.64. The van der Waals surface area contributed by atoms with Crippen LogP contribution in [-0.4, -0.2) is 52.6 Å². The van der Waals surface area contributed by atoms with Crippen LogP contribution in [0.2, 0.25) is 0 Å². The normalized spacial score (nSPS) is 17.7. The third-order valence-electron chi connectivity index (χ3n) is 4.48. The van der Waals surface area contributed by atoms with Crippen LogP contribution in [0.15, 0.2) is 34.2 Å². The fourth-order valence-corrected chi connectivity index (χ4v) is 3.85. The molecule has 8 heteroatoms. The Labute approximate surface area is 149 Å². The molecule has 0 spiro atoms. The average Bonchev–Trinajstić information content (AvgIpc) is 3.43. The highest BCUT2D eigenvalue weighted by atomic mass is 32.2. The number of H-pyrrole nitrogens is 1. The van der Waals surface area contributed by atoms with E-state index in [1.165, 1.54) is 11.8 Å². The fraction of sp³-hybridized carbons (Fsp3) is 0.471. The van der Waals surface area contributed by atoms with Gasteiger partial charge in [-0.25, -0.2) is 9.89 Å². The van der Waals surface area contributed by atoms with Gasteiger partial charge in [-0.3, -0.25) is 9.36 Å². The summed E-state index contributed by atoms with van der Waals surface area (Å²) < 4.78 is 7.02. The lowest BCUT2D eigenvalue weighted by atomic mass is 10.1. The third-order valence-corrected chi connectivity index (χ3v) is 5.43. The quantitative estimate of drug-likeness (QED) is 0.624. The summed E-state index contributed by atoms with van der Waals surface area (Å²) in [4.78, 5) is 26.4. The second-order valence-electron chi connectivity index (χ2n) is 6.27. The Bertz CT molecular complexity index is 804. The maximum Gasteiger partial charge on any atom is 0.344 e. The molecular formula is C17H20N4O3S. The van der Waals surface area contributed by atoms with E-state index in [-0.39, 0.29) is 23.3 Å². The number of aromatic amines is 1. The number of ketones is 1. The number of nitrogens with zero attached hydrogens (tertiary/aromatic N) is 3. The number of morpholine rings is 1. The summed E-state index contributed by atoms with van der Waals surface area (Å²) in [6, 6.07) is 7.95. The Morgan fingerprint density at radius 2 is 1.96 bits per heavy atom. The first kappa shape index (κ1) is 16.4. The molecule has 2 aliphatic rings. The molecule has 132 valence electrons. The molecule has 1 N–H and O–H groups in total. The van der Waals surface area contributed by atoms with E-state index < -0.39 is 0 Å². The lowest BCUT2D eigenvalue weighted by Crippen LogP contribution is -2.36. The predicted octanol–water partition coefficient (Wildman–Crippen LogP) is 1.72. The fourth-order valence-electron chi connectivity index (χ4n) is 2.94. The van der Waals surface area contributed by atoms with Gasteiger partial charge in [-0.1, -0.05) is 11.8 Å². The zero-order valence-corrected chi connectivity index (χ0v) is 14.6. The average molecular weight is 360 g/mol. The Kier molecular flexibility index (Phi) is 4.63. The summed E-state index contributed by atoms with van der Waals surface area (Å²) in [6.45, 7) is 3.23. The standard InChI is InChI=1S/C17H20N4O3S/c22-15(11-25-17-19-18-16(23)21(17)14-5-6-14)12-1-3-13(4-2-12)20-7-9-24-10-8-20/h1-4,14H,5-11H2,(H,18,23). The molecule has 2 fully saturated rings. The van der Waals surface area contributed by atoms with Crippen LogP contribution >= 0.6 is 11.8 Å². The van der Waals surface area contributed by atoms with Crippen LogP contribution in [0.1, 0.15) is 29.2 Å². The van der Waals surface area contributed by atoms with Crippen molar-refractivity contribution >= 4 is 23.2 Å². The van der Waals surface area contributed by atoms with Gasteiger partial charge in [0.25, 0.3) is 0 Å². The number of hydrogen-bond acceptors (Lipinski definition) is 6. The molecule has 0 amide bonds. The number of rotatable bonds is 6. The first-order valence-corrected chi connectivity index (χ1v) is 9.46. The van der Waals surface area contributed by atoms with Gasteiger partial charge in [0.2, 0.25) is 0 Å². The molecule has 2 heterocycles. The molecule has 1 aromatic heterocycles. The van der Waals surface area contributed by atoms with Crippen LogP contribution < -0.4 is 10.6 Å². The van der Waals surface area contributed by atoms with Crippen molar-refractivity contribution in [1.82, 2.24) is 14.8 Å². The van der Waals surface area contributed by atoms with E-state index in [9.17, 15) is 9.59 Å². The van der Waals surface area contributed by atoms with Crippen LogP contribution in [0.25, 0.3) is 0 Å². The van der Waals surface area contributed by atoms with Gasteiger partial charge in [-0.2, -0.15) is 0 Å². The highest BCUT2D eigenvalue weighted by Gasteiger charge is 2.28. The van der Waals surface area contributed by atoms with Gasteiger partial charge in [0.15, 0.2) is 10.9 Å². The Morgan fingerprint density at radius 3 is 2.64 bits per heavy atom. The molecule has 1 saturated heterocycles. The minimum Gasteiger partial charge on any atom is -0.378 e. The number of carbonyl (C=O) groups excluding carboxylic acids is 1. The maximum absolute atomic E-state index is 12.4. The van der Waals surface area contributed by atoms with Crippen molar-refractivity contribution in [2.24, 2.45) is 0 Å². The minimum atomic E-state index is -0.188. The first-order chi connectivity index (χ1) is 12.2. The number of aromatic nitrogens is 3. The van der Waals surface area contributed by atoms with Crippen molar-refractivity contribution in [3.8, 4) is 0 Å². The van der Waals surface area contributed by atoms with E-state index in [2.05, 4.69) is 15.1 Å². The summed E-state index contributed by atoms with van der Waals surface area (Å²) in [6.07, 6.45) is 2.01. The molecule has 25 heavy (non-hydrogen) atoms. The SMILES string of the molecule is O=C(CSc1n[nH]c(=O)n1C1CC1)c1ccc(N2CCOCC2)cc1. The summed E-state index contributed by atoms with van der Waals surface area (Å²) in [5.41, 5.74) is 1.61. The van der Waals surface area contributed by atoms with Crippen molar-refractivity contribution in [1.29, 1.82) is 0 Å². The van der Waals surface area contributed by atoms with Crippen LogP contribution in [0.3, 0.4) is 0 Å². The minimum absolute atomic E-state index is 0.0383. The van der Waals surface area contributed by atoms with Gasteiger partial charge in [-0.05, 0) is 37.1 Å². The summed E-state index contributed by atoms with van der Waals surface area (Å²) >= 11 is 1.32. The van der Waals surface area contributed by atoms with Gasteiger partial charge in [0.05, 0.1) is 19.0 Å². The van der Waals surface area contributed by atoms with Gasteiger partial charge in [0.1, 0.15) is 0 Å². The van der Waals surface area contributed by atoms with Crippen molar-refractivity contribution in [3.05, 3.63) is 40.3 Å². The molecule has 1 aliphatic heterocycles. The molecule has 1 aromatic carbocycles. The summed E-state index contributed by atoms with van der Waals surface area (Å²) in [5.74, 6) is 0.310. The molecule has 0 unspecified atom stereocenters. The highest BCUT2D eigenvalue weighted by molar-refractivity contribution is 7.99.